The van der Waals surface area contributed by atoms with Gasteiger partial charge in [-0.2, -0.15) is 0 Å². The number of anilines is 2. The van der Waals surface area contributed by atoms with E-state index in [0.717, 1.165) is 15.0 Å². The maximum Gasteiger partial charge on any atom is 0.245 e. The highest BCUT2D eigenvalue weighted by molar-refractivity contribution is 9.10. The minimum absolute atomic E-state index is 0.313. The summed E-state index contributed by atoms with van der Waals surface area (Å²) in [6.07, 6.45) is 1.04. The summed E-state index contributed by atoms with van der Waals surface area (Å²) in [5.74, 6) is 0.121. The molecule has 10 heteroatoms. The van der Waals surface area contributed by atoms with Crippen molar-refractivity contribution in [1.82, 2.24) is 0 Å². The molecule has 7 nitrogen and oxygen atoms in total. The van der Waals surface area contributed by atoms with Crippen molar-refractivity contribution in [2.24, 2.45) is 0 Å². The van der Waals surface area contributed by atoms with Crippen LogP contribution in [0.1, 0.15) is 0 Å². The minimum Gasteiger partial charge on any atom is -0.495 e. The molecule has 0 spiro atoms. The van der Waals surface area contributed by atoms with E-state index in [9.17, 15) is 13.2 Å². The fourth-order valence-electron chi connectivity index (χ4n) is 2.29. The van der Waals surface area contributed by atoms with Crippen molar-refractivity contribution < 1.29 is 22.7 Å². The molecule has 146 valence electrons. The van der Waals surface area contributed by atoms with E-state index < -0.39 is 22.5 Å². The smallest absolute Gasteiger partial charge is 0.245 e. The van der Waals surface area contributed by atoms with Crippen LogP contribution in [0.4, 0.5) is 11.4 Å². The third-order valence-electron chi connectivity index (χ3n) is 3.55. The molecule has 0 fully saturated rings. The molecule has 1 amide bonds. The zero-order chi connectivity index (χ0) is 20.2. The first-order chi connectivity index (χ1) is 12.7. The van der Waals surface area contributed by atoms with Crippen LogP contribution >= 0.6 is 27.5 Å². The predicted octanol–water partition coefficient (Wildman–Crippen LogP) is 3.52. The molecule has 0 aliphatic rings. The second-order valence-corrected chi connectivity index (χ2v) is 8.71. The summed E-state index contributed by atoms with van der Waals surface area (Å²) in [6.45, 7) is -0.408. The monoisotopic (exact) mass is 476 g/mol. The van der Waals surface area contributed by atoms with Crippen molar-refractivity contribution in [3.63, 3.8) is 0 Å². The van der Waals surface area contributed by atoms with Gasteiger partial charge < -0.3 is 14.8 Å². The molecule has 0 aliphatic heterocycles. The zero-order valence-corrected chi connectivity index (χ0v) is 18.0. The molecule has 0 saturated heterocycles. The SMILES string of the molecule is COc1cc(NC(=O)CN(c2ccc(Br)cc2)S(C)(=O)=O)c(OC)cc1Cl. The number of nitrogens with zero attached hydrogens (tertiary/aromatic N) is 1. The van der Waals surface area contributed by atoms with Gasteiger partial charge in [-0.1, -0.05) is 27.5 Å². The lowest BCUT2D eigenvalue weighted by atomic mass is 10.2. The lowest BCUT2D eigenvalue weighted by Gasteiger charge is -2.22. The van der Waals surface area contributed by atoms with Crippen LogP contribution in [0.15, 0.2) is 40.9 Å². The Labute approximate surface area is 171 Å². The number of carbonyl (C=O) groups excluding carboxylic acids is 1. The number of amides is 1. The molecule has 2 rings (SSSR count). The molecule has 0 saturated carbocycles. The summed E-state index contributed by atoms with van der Waals surface area (Å²) in [7, 11) is -0.802. The fourth-order valence-corrected chi connectivity index (χ4v) is 3.64. The number of carbonyl (C=O) groups is 1. The standard InChI is InChI=1S/C17H18BrClN2O5S/c1-25-15-9-14(16(26-2)8-13(15)19)20-17(22)10-21(27(3,23)24)12-6-4-11(18)5-7-12/h4-9H,10H2,1-3H3,(H,20,22). The van der Waals surface area contributed by atoms with Crippen LogP contribution in [-0.4, -0.2) is 41.3 Å². The molecule has 0 atom stereocenters. The lowest BCUT2D eigenvalue weighted by molar-refractivity contribution is -0.114. The second kappa shape index (κ2) is 8.81. The van der Waals surface area contributed by atoms with Gasteiger partial charge in [-0.25, -0.2) is 8.42 Å². The fraction of sp³-hybridized carbons (Fsp3) is 0.235. The van der Waals surface area contributed by atoms with Crippen LogP contribution < -0.4 is 19.1 Å². The summed E-state index contributed by atoms with van der Waals surface area (Å²) in [6, 6.07) is 9.59. The summed E-state index contributed by atoms with van der Waals surface area (Å²) in [5, 5.41) is 2.95. The molecule has 27 heavy (non-hydrogen) atoms. The number of ether oxygens (including phenoxy) is 2. The molecule has 0 aromatic heterocycles. The van der Waals surface area contributed by atoms with Crippen molar-refractivity contribution in [2.45, 2.75) is 0 Å². The normalized spacial score (nSPS) is 11.0. The van der Waals surface area contributed by atoms with E-state index in [1.54, 1.807) is 24.3 Å². The lowest BCUT2D eigenvalue weighted by Crippen LogP contribution is -2.37. The first-order valence-corrected chi connectivity index (χ1v) is 10.6. The molecule has 0 radical (unpaired) electrons. The van der Waals surface area contributed by atoms with Gasteiger partial charge in [-0.15, -0.1) is 0 Å². The topological polar surface area (TPSA) is 84.9 Å². The summed E-state index contributed by atoms with van der Waals surface area (Å²) in [4.78, 5) is 12.5. The molecule has 0 aliphatic carbocycles. The minimum atomic E-state index is -3.67. The van der Waals surface area contributed by atoms with Gasteiger partial charge in [0.15, 0.2) is 0 Å². The highest BCUT2D eigenvalue weighted by Crippen LogP contribution is 2.35. The Kier molecular flexibility index (Phi) is 6.96. The van der Waals surface area contributed by atoms with Crippen LogP contribution in [0.25, 0.3) is 0 Å². The number of benzene rings is 2. The van der Waals surface area contributed by atoms with E-state index in [0.29, 0.717) is 27.9 Å². The van der Waals surface area contributed by atoms with Crippen molar-refractivity contribution in [3.05, 3.63) is 45.9 Å². The largest absolute Gasteiger partial charge is 0.495 e. The summed E-state index contributed by atoms with van der Waals surface area (Å²) >= 11 is 9.34. The molecule has 2 aromatic rings. The van der Waals surface area contributed by atoms with E-state index >= 15 is 0 Å². The van der Waals surface area contributed by atoms with Crippen LogP contribution in [0, 0.1) is 0 Å². The molecule has 0 heterocycles. The first kappa shape index (κ1) is 21.3. The van der Waals surface area contributed by atoms with Gasteiger partial charge in [-0.3, -0.25) is 9.10 Å². The summed E-state index contributed by atoms with van der Waals surface area (Å²) in [5.41, 5.74) is 0.685. The van der Waals surface area contributed by atoms with E-state index in [-0.39, 0.29) is 0 Å². The number of methoxy groups -OCH3 is 2. The van der Waals surface area contributed by atoms with Crippen LogP contribution in [0.5, 0.6) is 11.5 Å². The third kappa shape index (κ3) is 5.50. The highest BCUT2D eigenvalue weighted by Gasteiger charge is 2.22. The Morgan fingerprint density at radius 1 is 1.15 bits per heavy atom. The van der Waals surface area contributed by atoms with Crippen molar-refractivity contribution >= 4 is 54.8 Å². The van der Waals surface area contributed by atoms with Gasteiger partial charge in [0.25, 0.3) is 0 Å². The van der Waals surface area contributed by atoms with Crippen LogP contribution in [-0.2, 0) is 14.8 Å². The first-order valence-electron chi connectivity index (χ1n) is 7.60. The number of hydrogen-bond acceptors (Lipinski definition) is 5. The maximum absolute atomic E-state index is 12.5. The quantitative estimate of drug-likeness (QED) is 0.659. The Balaban J connectivity index is 2.28. The van der Waals surface area contributed by atoms with E-state index in [4.69, 9.17) is 21.1 Å². The molecule has 2 aromatic carbocycles. The number of sulfonamides is 1. The van der Waals surface area contributed by atoms with Crippen molar-refractivity contribution in [1.29, 1.82) is 0 Å². The van der Waals surface area contributed by atoms with Crippen LogP contribution in [0.2, 0.25) is 5.02 Å². The van der Waals surface area contributed by atoms with E-state index in [1.165, 1.54) is 26.4 Å². The van der Waals surface area contributed by atoms with Gasteiger partial charge >= 0.3 is 0 Å². The number of halogens is 2. The third-order valence-corrected chi connectivity index (χ3v) is 5.51. The highest BCUT2D eigenvalue weighted by atomic mass is 79.9. The maximum atomic E-state index is 12.5. The van der Waals surface area contributed by atoms with Gasteiger partial charge in [0.1, 0.15) is 18.0 Å². The molecule has 0 bridgehead atoms. The Hall–Kier alpha value is -1.97. The second-order valence-electron chi connectivity index (χ2n) is 5.48. The Morgan fingerprint density at radius 3 is 2.26 bits per heavy atom. The molecule has 0 unspecified atom stereocenters. The van der Waals surface area contributed by atoms with Crippen LogP contribution in [0.3, 0.4) is 0 Å². The number of rotatable bonds is 7. The number of hydrogen-bond donors (Lipinski definition) is 1. The number of nitrogens with one attached hydrogen (secondary N) is 1. The van der Waals surface area contributed by atoms with E-state index in [1.807, 2.05) is 0 Å². The van der Waals surface area contributed by atoms with Gasteiger partial charge in [0.2, 0.25) is 15.9 Å². The Bertz CT molecular complexity index is 935. The molecule has 1 N–H and O–H groups in total. The van der Waals surface area contributed by atoms with Gasteiger partial charge in [0, 0.05) is 16.6 Å². The Morgan fingerprint density at radius 2 is 1.74 bits per heavy atom. The van der Waals surface area contributed by atoms with Gasteiger partial charge in [-0.05, 0) is 24.3 Å². The van der Waals surface area contributed by atoms with E-state index in [2.05, 4.69) is 21.2 Å². The van der Waals surface area contributed by atoms with Crippen molar-refractivity contribution in [2.75, 3.05) is 36.6 Å². The zero-order valence-electron chi connectivity index (χ0n) is 14.8. The van der Waals surface area contributed by atoms with Crippen molar-refractivity contribution in [3.8, 4) is 11.5 Å². The predicted molar refractivity (Wildman–Crippen MR) is 110 cm³/mol. The van der Waals surface area contributed by atoms with Gasteiger partial charge in [0.05, 0.1) is 36.9 Å². The average molecular weight is 478 g/mol. The molecular formula is C17H18BrClN2O5S. The molecular weight excluding hydrogens is 460 g/mol. The average Bonchev–Trinajstić information content (AvgIpc) is 2.60. The summed E-state index contributed by atoms with van der Waals surface area (Å²) < 4.78 is 36.4.